The van der Waals surface area contributed by atoms with Crippen molar-refractivity contribution in [1.82, 2.24) is 0 Å². The van der Waals surface area contributed by atoms with E-state index in [4.69, 9.17) is 0 Å². The van der Waals surface area contributed by atoms with Crippen molar-refractivity contribution in [2.75, 3.05) is 0 Å². The molecule has 1 N–H and O–H groups in total. The largest absolute Gasteiger partial charge is 0.393 e. The molecule has 0 fully saturated rings. The fourth-order valence-electron chi connectivity index (χ4n) is 1.60. The van der Waals surface area contributed by atoms with E-state index < -0.39 is 0 Å². The molecule has 3 atom stereocenters. The van der Waals surface area contributed by atoms with Gasteiger partial charge in [0.25, 0.3) is 0 Å². The number of aliphatic hydroxyl groups is 1. The Labute approximate surface area is 81.3 Å². The van der Waals surface area contributed by atoms with Crippen LogP contribution in [0.3, 0.4) is 0 Å². The summed E-state index contributed by atoms with van der Waals surface area (Å²) in [6, 6.07) is 0. The van der Waals surface area contributed by atoms with Crippen molar-refractivity contribution in [2.45, 2.75) is 53.1 Å². The Morgan fingerprint density at radius 1 is 1.31 bits per heavy atom. The number of hydrogen-bond acceptors (Lipinski definition) is 2. The van der Waals surface area contributed by atoms with E-state index in [1.807, 2.05) is 27.7 Å². The molecule has 2 heteroatoms. The van der Waals surface area contributed by atoms with Gasteiger partial charge < -0.3 is 5.11 Å². The Morgan fingerprint density at radius 3 is 2.23 bits per heavy atom. The van der Waals surface area contributed by atoms with Crippen LogP contribution in [0.4, 0.5) is 0 Å². The molecule has 0 aromatic rings. The lowest BCUT2D eigenvalue weighted by molar-refractivity contribution is -0.122. The molecule has 0 aliphatic rings. The third kappa shape index (κ3) is 4.41. The average Bonchev–Trinajstić information content (AvgIpc) is 2.14. The maximum Gasteiger partial charge on any atom is 0.135 e. The van der Waals surface area contributed by atoms with Crippen LogP contribution in [0.5, 0.6) is 0 Å². The summed E-state index contributed by atoms with van der Waals surface area (Å²) in [5, 5.41) is 9.52. The van der Waals surface area contributed by atoms with E-state index in [2.05, 4.69) is 0 Å². The first-order valence-corrected chi connectivity index (χ1v) is 5.23. The zero-order chi connectivity index (χ0) is 10.4. The maximum absolute atomic E-state index is 11.3. The molecule has 78 valence electrons. The van der Waals surface area contributed by atoms with Crippen molar-refractivity contribution in [3.8, 4) is 0 Å². The molecular formula is C11H22O2. The quantitative estimate of drug-likeness (QED) is 0.691. The van der Waals surface area contributed by atoms with Gasteiger partial charge in [0.05, 0.1) is 6.10 Å². The van der Waals surface area contributed by atoms with Crippen molar-refractivity contribution in [3.05, 3.63) is 0 Å². The highest BCUT2D eigenvalue weighted by atomic mass is 16.3. The predicted molar refractivity (Wildman–Crippen MR) is 54.5 cm³/mol. The lowest BCUT2D eigenvalue weighted by Gasteiger charge is -2.20. The van der Waals surface area contributed by atoms with Gasteiger partial charge in [0, 0.05) is 12.3 Å². The fourth-order valence-corrected chi connectivity index (χ4v) is 1.60. The second-order valence-corrected chi connectivity index (χ2v) is 3.91. The van der Waals surface area contributed by atoms with Gasteiger partial charge in [-0.25, -0.2) is 0 Å². The molecule has 0 unspecified atom stereocenters. The number of ketones is 1. The molecule has 0 aromatic heterocycles. The molecule has 0 rings (SSSR count). The van der Waals surface area contributed by atoms with Crippen LogP contribution in [-0.4, -0.2) is 17.0 Å². The molecule has 13 heavy (non-hydrogen) atoms. The van der Waals surface area contributed by atoms with E-state index in [0.717, 1.165) is 12.8 Å². The first-order valence-electron chi connectivity index (χ1n) is 5.23. The highest BCUT2D eigenvalue weighted by Gasteiger charge is 2.18. The minimum Gasteiger partial charge on any atom is -0.393 e. The van der Waals surface area contributed by atoms with Gasteiger partial charge in [0.1, 0.15) is 5.78 Å². The molecule has 0 amide bonds. The first-order chi connectivity index (χ1) is 6.02. The zero-order valence-electron chi connectivity index (χ0n) is 9.21. The molecule has 0 spiro atoms. The average molecular weight is 186 g/mol. The minimum absolute atomic E-state index is 0.0983. The number of aliphatic hydroxyl groups excluding tert-OH is 1. The predicted octanol–water partition coefficient (Wildman–Crippen LogP) is 2.40. The summed E-state index contributed by atoms with van der Waals surface area (Å²) in [4.78, 5) is 11.3. The van der Waals surface area contributed by atoms with Crippen molar-refractivity contribution < 1.29 is 9.90 Å². The van der Waals surface area contributed by atoms with E-state index in [-0.39, 0.29) is 17.9 Å². The smallest absolute Gasteiger partial charge is 0.135 e. The number of rotatable bonds is 6. The lowest BCUT2D eigenvalue weighted by Crippen LogP contribution is -2.22. The van der Waals surface area contributed by atoms with Crippen molar-refractivity contribution in [1.29, 1.82) is 0 Å². The SMILES string of the molecule is CCC(=O)[C@@H](C)C[C@H](C)[C@H](O)CC. The highest BCUT2D eigenvalue weighted by molar-refractivity contribution is 5.80. The molecule has 0 heterocycles. The standard InChI is InChI=1S/C11H22O2/c1-5-10(12)8(3)7-9(4)11(13)6-2/h8-10,12H,5-7H2,1-4H3/t8-,9-,10+/m0/s1. The summed E-state index contributed by atoms with van der Waals surface area (Å²) in [6.07, 6.45) is 1.93. The topological polar surface area (TPSA) is 37.3 Å². The van der Waals surface area contributed by atoms with E-state index in [9.17, 15) is 9.90 Å². The maximum atomic E-state index is 11.3. The third-order valence-corrected chi connectivity index (χ3v) is 2.70. The monoisotopic (exact) mass is 186 g/mol. The van der Waals surface area contributed by atoms with Crippen LogP contribution in [0.15, 0.2) is 0 Å². The van der Waals surface area contributed by atoms with Crippen molar-refractivity contribution in [2.24, 2.45) is 11.8 Å². The second-order valence-electron chi connectivity index (χ2n) is 3.91. The summed E-state index contributed by atoms with van der Waals surface area (Å²) < 4.78 is 0. The van der Waals surface area contributed by atoms with Gasteiger partial charge in [-0.2, -0.15) is 0 Å². The molecular weight excluding hydrogens is 164 g/mol. The van der Waals surface area contributed by atoms with Crippen LogP contribution in [0.2, 0.25) is 0 Å². The van der Waals surface area contributed by atoms with Gasteiger partial charge >= 0.3 is 0 Å². The first kappa shape index (κ1) is 12.6. The van der Waals surface area contributed by atoms with Gasteiger partial charge in [-0.1, -0.05) is 27.7 Å². The van der Waals surface area contributed by atoms with Crippen molar-refractivity contribution in [3.63, 3.8) is 0 Å². The van der Waals surface area contributed by atoms with Gasteiger partial charge in [-0.05, 0) is 18.8 Å². The number of Topliss-reactive ketones (excluding diaryl/α,β-unsaturated/α-hetero) is 1. The zero-order valence-corrected chi connectivity index (χ0v) is 9.21. The van der Waals surface area contributed by atoms with Crippen LogP contribution >= 0.6 is 0 Å². The minimum atomic E-state index is -0.257. The van der Waals surface area contributed by atoms with Crippen LogP contribution < -0.4 is 0 Å². The summed E-state index contributed by atoms with van der Waals surface area (Å²) in [7, 11) is 0. The normalized spacial score (nSPS) is 17.9. The molecule has 0 aliphatic heterocycles. The van der Waals surface area contributed by atoms with Crippen LogP contribution in [0.25, 0.3) is 0 Å². The fraction of sp³-hybridized carbons (Fsp3) is 0.909. The summed E-state index contributed by atoms with van der Waals surface area (Å²) in [6.45, 7) is 7.81. The Morgan fingerprint density at radius 2 is 1.85 bits per heavy atom. The van der Waals surface area contributed by atoms with E-state index >= 15 is 0 Å². The summed E-state index contributed by atoms with van der Waals surface area (Å²) >= 11 is 0. The van der Waals surface area contributed by atoms with Crippen LogP contribution in [0, 0.1) is 11.8 Å². The summed E-state index contributed by atoms with van der Waals surface area (Å²) in [5.41, 5.74) is 0. The summed E-state index contributed by atoms with van der Waals surface area (Å²) in [5.74, 6) is 0.631. The molecule has 0 radical (unpaired) electrons. The van der Waals surface area contributed by atoms with E-state index in [1.54, 1.807) is 0 Å². The Kier molecular flexibility index (Phi) is 5.97. The number of hydrogen-bond donors (Lipinski definition) is 1. The van der Waals surface area contributed by atoms with E-state index in [1.165, 1.54) is 0 Å². The highest BCUT2D eigenvalue weighted by Crippen LogP contribution is 2.18. The van der Waals surface area contributed by atoms with Gasteiger partial charge in [0.15, 0.2) is 0 Å². The lowest BCUT2D eigenvalue weighted by atomic mass is 9.89. The van der Waals surface area contributed by atoms with Gasteiger partial charge in [-0.15, -0.1) is 0 Å². The van der Waals surface area contributed by atoms with E-state index in [0.29, 0.717) is 12.2 Å². The third-order valence-electron chi connectivity index (χ3n) is 2.70. The molecule has 0 bridgehead atoms. The Bertz CT molecular complexity index is 154. The molecule has 0 aromatic carbocycles. The van der Waals surface area contributed by atoms with Gasteiger partial charge in [0.2, 0.25) is 0 Å². The van der Waals surface area contributed by atoms with Crippen molar-refractivity contribution >= 4 is 5.78 Å². The second kappa shape index (κ2) is 6.14. The Hall–Kier alpha value is -0.370. The molecule has 0 saturated heterocycles. The Balaban J connectivity index is 3.90. The van der Waals surface area contributed by atoms with Crippen LogP contribution in [0.1, 0.15) is 47.0 Å². The number of carbonyl (C=O) groups is 1. The molecule has 0 aliphatic carbocycles. The van der Waals surface area contributed by atoms with Gasteiger partial charge in [-0.3, -0.25) is 4.79 Å². The molecule has 0 saturated carbocycles. The number of carbonyl (C=O) groups excluding carboxylic acids is 1. The van der Waals surface area contributed by atoms with Crippen LogP contribution in [-0.2, 0) is 4.79 Å². The molecule has 2 nitrogen and oxygen atoms in total.